The van der Waals surface area contributed by atoms with Crippen molar-refractivity contribution in [1.29, 1.82) is 0 Å². The highest BCUT2D eigenvalue weighted by atomic mass is 16.5. The average molecular weight is 213 g/mol. The van der Waals surface area contributed by atoms with Gasteiger partial charge in [-0.25, -0.2) is 0 Å². The molecular weight excluding hydrogens is 190 g/mol. The highest BCUT2D eigenvalue weighted by Gasteiger charge is 2.20. The van der Waals surface area contributed by atoms with Crippen LogP contribution in [0.25, 0.3) is 0 Å². The zero-order valence-electron chi connectivity index (χ0n) is 9.92. The van der Waals surface area contributed by atoms with E-state index in [0.717, 1.165) is 32.4 Å². The molecule has 1 atom stereocenters. The molecule has 0 aromatic carbocycles. The minimum absolute atomic E-state index is 0.179. The molecule has 1 N–H and O–H groups in total. The van der Waals surface area contributed by atoms with Crippen LogP contribution in [-0.2, 0) is 9.53 Å². The summed E-state index contributed by atoms with van der Waals surface area (Å²) in [5, 5.41) is 3.32. The molecule has 0 aromatic heterocycles. The first-order valence-electron chi connectivity index (χ1n) is 6.04. The van der Waals surface area contributed by atoms with E-state index in [2.05, 4.69) is 19.2 Å². The van der Waals surface area contributed by atoms with E-state index in [1.807, 2.05) is 0 Å². The summed E-state index contributed by atoms with van der Waals surface area (Å²) in [4.78, 5) is 11.7. The second-order valence-electron chi connectivity index (χ2n) is 4.59. The molecule has 3 heteroatoms. The normalized spacial score (nSPS) is 21.9. The van der Waals surface area contributed by atoms with Gasteiger partial charge in [0.05, 0.1) is 6.61 Å². The Balaban J connectivity index is 2.07. The van der Waals surface area contributed by atoms with E-state index >= 15 is 0 Å². The Morgan fingerprint density at radius 2 is 2.33 bits per heavy atom. The fourth-order valence-corrected chi connectivity index (χ4v) is 1.85. The summed E-state index contributed by atoms with van der Waals surface area (Å²) in [5.74, 6) is 0.568. The molecule has 1 fully saturated rings. The van der Waals surface area contributed by atoms with E-state index in [9.17, 15) is 4.79 Å². The summed E-state index contributed by atoms with van der Waals surface area (Å²) in [6, 6.07) is 0.512. The van der Waals surface area contributed by atoms with Crippen molar-refractivity contribution in [2.45, 2.75) is 45.6 Å². The molecule has 0 amide bonds. The van der Waals surface area contributed by atoms with Crippen molar-refractivity contribution < 1.29 is 9.53 Å². The first kappa shape index (κ1) is 12.7. The van der Waals surface area contributed by atoms with Crippen molar-refractivity contribution in [3.8, 4) is 0 Å². The monoisotopic (exact) mass is 213 g/mol. The Hall–Kier alpha value is -0.410. The van der Waals surface area contributed by atoms with E-state index in [1.54, 1.807) is 0 Å². The van der Waals surface area contributed by atoms with Crippen LogP contribution in [0.4, 0.5) is 0 Å². The number of Topliss-reactive ketones (excluding diaryl/α,β-unsaturated/α-hetero) is 1. The van der Waals surface area contributed by atoms with Crippen LogP contribution in [0.2, 0.25) is 0 Å². The van der Waals surface area contributed by atoms with Crippen LogP contribution >= 0.6 is 0 Å². The zero-order chi connectivity index (χ0) is 11.1. The smallest absolute Gasteiger partial charge is 0.138 e. The maximum absolute atomic E-state index is 11.7. The van der Waals surface area contributed by atoms with E-state index in [1.165, 1.54) is 0 Å². The molecular formula is C12H23NO2. The van der Waals surface area contributed by atoms with Gasteiger partial charge >= 0.3 is 0 Å². The van der Waals surface area contributed by atoms with E-state index in [4.69, 9.17) is 4.74 Å². The number of carbonyl (C=O) groups excluding carboxylic acids is 1. The van der Waals surface area contributed by atoms with E-state index in [-0.39, 0.29) is 5.92 Å². The van der Waals surface area contributed by atoms with Crippen LogP contribution in [0.5, 0.6) is 0 Å². The quantitative estimate of drug-likeness (QED) is 0.683. The van der Waals surface area contributed by atoms with Crippen LogP contribution in [0.3, 0.4) is 0 Å². The van der Waals surface area contributed by atoms with Gasteiger partial charge in [-0.2, -0.15) is 0 Å². The van der Waals surface area contributed by atoms with Crippen molar-refractivity contribution in [1.82, 2.24) is 5.32 Å². The highest BCUT2D eigenvalue weighted by molar-refractivity contribution is 5.81. The number of rotatable bonds is 6. The lowest BCUT2D eigenvalue weighted by Crippen LogP contribution is -2.27. The lowest BCUT2D eigenvalue weighted by Gasteiger charge is -2.20. The standard InChI is InChI=1S/C12H23NO2/c1-10(2)13-7-3-6-12(14)11-5-4-8-15-9-11/h10-11,13H,3-9H2,1-2H3. The molecule has 1 saturated heterocycles. The van der Waals surface area contributed by atoms with Crippen molar-refractivity contribution in [2.24, 2.45) is 5.92 Å². The topological polar surface area (TPSA) is 38.3 Å². The minimum atomic E-state index is 0.179. The average Bonchev–Trinajstić information content (AvgIpc) is 2.25. The van der Waals surface area contributed by atoms with Crippen LogP contribution in [0, 0.1) is 5.92 Å². The third-order valence-corrected chi connectivity index (χ3v) is 2.77. The van der Waals surface area contributed by atoms with Crippen LogP contribution in [-0.4, -0.2) is 31.6 Å². The number of ketones is 1. The summed E-state index contributed by atoms with van der Waals surface area (Å²) in [5.41, 5.74) is 0. The molecule has 3 nitrogen and oxygen atoms in total. The largest absolute Gasteiger partial charge is 0.381 e. The Morgan fingerprint density at radius 1 is 1.53 bits per heavy atom. The summed E-state index contributed by atoms with van der Waals surface area (Å²) in [7, 11) is 0. The summed E-state index contributed by atoms with van der Waals surface area (Å²) >= 11 is 0. The number of ether oxygens (including phenoxy) is 1. The molecule has 1 aliphatic heterocycles. The van der Waals surface area contributed by atoms with Crippen LogP contribution in [0.15, 0.2) is 0 Å². The lowest BCUT2D eigenvalue weighted by molar-refractivity contribution is -0.126. The highest BCUT2D eigenvalue weighted by Crippen LogP contribution is 2.16. The number of hydrogen-bond acceptors (Lipinski definition) is 3. The van der Waals surface area contributed by atoms with Crippen molar-refractivity contribution in [3.05, 3.63) is 0 Å². The molecule has 0 aliphatic carbocycles. The first-order valence-corrected chi connectivity index (χ1v) is 6.04. The first-order chi connectivity index (χ1) is 7.20. The fraction of sp³-hybridized carbons (Fsp3) is 0.917. The minimum Gasteiger partial charge on any atom is -0.381 e. The number of nitrogens with one attached hydrogen (secondary N) is 1. The Morgan fingerprint density at radius 3 is 2.93 bits per heavy atom. The summed E-state index contributed by atoms with van der Waals surface area (Å²) in [6.45, 7) is 6.67. The molecule has 1 unspecified atom stereocenters. The number of carbonyl (C=O) groups is 1. The van der Waals surface area contributed by atoms with Crippen LogP contribution < -0.4 is 5.32 Å². The molecule has 0 aromatic rings. The van der Waals surface area contributed by atoms with E-state index < -0.39 is 0 Å². The summed E-state index contributed by atoms with van der Waals surface area (Å²) < 4.78 is 5.31. The molecule has 0 radical (unpaired) electrons. The van der Waals surface area contributed by atoms with Crippen molar-refractivity contribution in [2.75, 3.05) is 19.8 Å². The maximum Gasteiger partial charge on any atom is 0.138 e. The van der Waals surface area contributed by atoms with Gasteiger partial charge in [-0.1, -0.05) is 13.8 Å². The SMILES string of the molecule is CC(C)NCCCC(=O)C1CCCOC1. The van der Waals surface area contributed by atoms with Crippen LogP contribution in [0.1, 0.15) is 39.5 Å². The third kappa shape index (κ3) is 5.28. The second-order valence-corrected chi connectivity index (χ2v) is 4.59. The molecule has 0 bridgehead atoms. The Kier molecular flexibility index (Phi) is 5.88. The molecule has 0 saturated carbocycles. The number of hydrogen-bond donors (Lipinski definition) is 1. The third-order valence-electron chi connectivity index (χ3n) is 2.77. The van der Waals surface area contributed by atoms with Gasteiger partial charge in [0.1, 0.15) is 5.78 Å². The van der Waals surface area contributed by atoms with E-state index in [0.29, 0.717) is 24.9 Å². The summed E-state index contributed by atoms with van der Waals surface area (Å²) in [6.07, 6.45) is 3.72. The zero-order valence-corrected chi connectivity index (χ0v) is 9.92. The van der Waals surface area contributed by atoms with Crippen molar-refractivity contribution >= 4 is 5.78 Å². The van der Waals surface area contributed by atoms with Crippen molar-refractivity contribution in [3.63, 3.8) is 0 Å². The molecule has 1 rings (SSSR count). The van der Waals surface area contributed by atoms with Gasteiger partial charge in [0.15, 0.2) is 0 Å². The van der Waals surface area contributed by atoms with Gasteiger partial charge < -0.3 is 10.1 Å². The van der Waals surface area contributed by atoms with Gasteiger partial charge in [0.2, 0.25) is 0 Å². The Bertz CT molecular complexity index is 186. The predicted octanol–water partition coefficient (Wildman–Crippen LogP) is 1.76. The Labute approximate surface area is 92.6 Å². The van der Waals surface area contributed by atoms with Gasteiger partial charge in [-0.15, -0.1) is 0 Å². The van der Waals surface area contributed by atoms with Gasteiger partial charge in [0.25, 0.3) is 0 Å². The predicted molar refractivity (Wildman–Crippen MR) is 60.9 cm³/mol. The molecule has 88 valence electrons. The lowest BCUT2D eigenvalue weighted by atomic mass is 9.94. The molecule has 0 spiro atoms. The molecule has 15 heavy (non-hydrogen) atoms. The van der Waals surface area contributed by atoms with Gasteiger partial charge in [0, 0.05) is 25.0 Å². The maximum atomic E-state index is 11.7. The molecule has 1 heterocycles. The second kappa shape index (κ2) is 6.96. The fourth-order valence-electron chi connectivity index (χ4n) is 1.85. The van der Waals surface area contributed by atoms with Gasteiger partial charge in [-0.3, -0.25) is 4.79 Å². The van der Waals surface area contributed by atoms with Gasteiger partial charge in [-0.05, 0) is 25.8 Å². The molecule has 1 aliphatic rings.